The van der Waals surface area contributed by atoms with E-state index >= 15 is 0 Å². The lowest BCUT2D eigenvalue weighted by Gasteiger charge is -2.31. The van der Waals surface area contributed by atoms with E-state index in [1.165, 1.54) is 24.3 Å². The summed E-state index contributed by atoms with van der Waals surface area (Å²) < 4.78 is 39.1. The second-order valence-electron chi connectivity index (χ2n) is 6.19. The Balaban J connectivity index is 2.19. The zero-order valence-electron chi connectivity index (χ0n) is 14.3. The van der Waals surface area contributed by atoms with Gasteiger partial charge in [0.25, 0.3) is 10.0 Å². The Labute approximate surface area is 171 Å². The molecule has 150 valence electrons. The Hall–Kier alpha value is -1.61. The van der Waals surface area contributed by atoms with Crippen molar-refractivity contribution in [1.29, 1.82) is 0 Å². The number of sulfonamides is 1. The van der Waals surface area contributed by atoms with Crippen LogP contribution in [0, 0.1) is 0 Å². The predicted octanol–water partition coefficient (Wildman–Crippen LogP) is 3.21. The Kier molecular flexibility index (Phi) is 5.53. The number of fused-ring (bicyclic) bond motifs is 1. The highest BCUT2D eigenvalue weighted by Gasteiger charge is 2.39. The Morgan fingerprint density at radius 3 is 2.32 bits per heavy atom. The fraction of sp³-hybridized carbons (Fsp3) is 0.188. The molecule has 0 fully saturated rings. The van der Waals surface area contributed by atoms with Crippen LogP contribution in [-0.2, 0) is 25.8 Å². The fourth-order valence-corrected chi connectivity index (χ4v) is 6.21. The first-order chi connectivity index (χ1) is 12.9. The molecule has 1 heterocycles. The van der Waals surface area contributed by atoms with Gasteiger partial charge in [-0.2, -0.15) is 0 Å². The number of anilines is 2. The van der Waals surface area contributed by atoms with Crippen molar-refractivity contribution in [2.45, 2.75) is 24.0 Å². The number of rotatable bonds is 5. The molecule has 8 nitrogen and oxygen atoms in total. The summed E-state index contributed by atoms with van der Waals surface area (Å²) >= 11 is 11.8. The molecule has 1 aliphatic rings. The summed E-state index contributed by atoms with van der Waals surface area (Å²) in [5, 5.41) is 2.72. The number of carbonyl (C=O) groups is 1. The van der Waals surface area contributed by atoms with Gasteiger partial charge in [0, 0.05) is 15.7 Å². The highest BCUT2D eigenvalue weighted by Crippen LogP contribution is 2.47. The zero-order valence-corrected chi connectivity index (χ0v) is 17.6. The standard InChI is InChI=1S/C16H15Cl2N2O6PS/c1-9(27(22,23)24)20(13-2-3-15-10(4-13)5-16(21)19-15)28(25,26)14-7-11(17)6-12(18)8-14/h2-4,6-9H,5H2,1H3,(H,19,21)(H2,22,23,24). The van der Waals surface area contributed by atoms with Crippen molar-refractivity contribution in [2.75, 3.05) is 9.62 Å². The third-order valence-electron chi connectivity index (χ3n) is 4.19. The van der Waals surface area contributed by atoms with Crippen LogP contribution in [0.4, 0.5) is 11.4 Å². The largest absolute Gasteiger partial charge is 0.348 e. The van der Waals surface area contributed by atoms with Crippen molar-refractivity contribution in [2.24, 2.45) is 0 Å². The molecule has 2 aromatic carbocycles. The number of nitrogens with zero attached hydrogens (tertiary/aromatic N) is 1. The van der Waals surface area contributed by atoms with E-state index in [-0.39, 0.29) is 33.0 Å². The fourth-order valence-electron chi connectivity index (χ4n) is 2.84. The van der Waals surface area contributed by atoms with E-state index in [1.807, 2.05) is 0 Å². The molecule has 2 aromatic rings. The van der Waals surface area contributed by atoms with Crippen LogP contribution >= 0.6 is 30.8 Å². The number of halogens is 2. The SMILES string of the molecule is CC(N(c1ccc2c(c1)CC(=O)N2)S(=O)(=O)c1cc(Cl)cc(Cl)c1)P(=O)(O)O. The highest BCUT2D eigenvalue weighted by atomic mass is 35.5. The summed E-state index contributed by atoms with van der Waals surface area (Å²) in [6.07, 6.45) is 0.0321. The van der Waals surface area contributed by atoms with Crippen molar-refractivity contribution in [1.82, 2.24) is 0 Å². The van der Waals surface area contributed by atoms with E-state index in [1.54, 1.807) is 0 Å². The number of hydrogen-bond donors (Lipinski definition) is 3. The van der Waals surface area contributed by atoms with Gasteiger partial charge in [0.15, 0.2) is 0 Å². The second-order valence-corrected chi connectivity index (χ2v) is 10.8. The molecule has 3 rings (SSSR count). The van der Waals surface area contributed by atoms with Gasteiger partial charge in [-0.25, -0.2) is 8.42 Å². The minimum atomic E-state index is -4.85. The Bertz CT molecular complexity index is 1100. The minimum Gasteiger partial charge on any atom is -0.326 e. The van der Waals surface area contributed by atoms with Gasteiger partial charge in [-0.1, -0.05) is 23.2 Å². The summed E-state index contributed by atoms with van der Waals surface area (Å²) in [5.41, 5.74) is 1.03. The molecular formula is C16H15Cl2N2O6PS. The van der Waals surface area contributed by atoms with Crippen LogP contribution in [-0.4, -0.2) is 29.9 Å². The van der Waals surface area contributed by atoms with Crippen LogP contribution in [0.5, 0.6) is 0 Å². The average Bonchev–Trinajstić information content (AvgIpc) is 2.92. The molecule has 1 unspecified atom stereocenters. The summed E-state index contributed by atoms with van der Waals surface area (Å²) in [7, 11) is -9.30. The normalized spacial score (nSPS) is 15.1. The van der Waals surface area contributed by atoms with E-state index in [9.17, 15) is 27.6 Å². The lowest BCUT2D eigenvalue weighted by molar-refractivity contribution is -0.115. The molecule has 0 bridgehead atoms. The van der Waals surface area contributed by atoms with Crippen molar-refractivity contribution >= 4 is 58.1 Å². The molecule has 0 saturated heterocycles. The van der Waals surface area contributed by atoms with Gasteiger partial charge >= 0.3 is 7.60 Å². The van der Waals surface area contributed by atoms with Crippen LogP contribution in [0.25, 0.3) is 0 Å². The molecule has 12 heteroatoms. The number of amides is 1. The molecule has 3 N–H and O–H groups in total. The topological polar surface area (TPSA) is 124 Å². The van der Waals surface area contributed by atoms with Crippen LogP contribution in [0.1, 0.15) is 12.5 Å². The molecular weight excluding hydrogens is 450 g/mol. The first-order valence-corrected chi connectivity index (χ1v) is 11.8. The van der Waals surface area contributed by atoms with Gasteiger partial charge in [-0.15, -0.1) is 0 Å². The first-order valence-electron chi connectivity index (χ1n) is 7.88. The third-order valence-corrected chi connectivity index (χ3v) is 7.86. The van der Waals surface area contributed by atoms with E-state index in [0.29, 0.717) is 15.6 Å². The molecule has 0 saturated carbocycles. The van der Waals surface area contributed by atoms with Crippen molar-refractivity contribution in [3.05, 3.63) is 52.0 Å². The highest BCUT2D eigenvalue weighted by molar-refractivity contribution is 7.93. The molecule has 0 spiro atoms. The average molecular weight is 465 g/mol. The number of nitrogens with one attached hydrogen (secondary N) is 1. The van der Waals surface area contributed by atoms with Gasteiger partial charge in [-0.3, -0.25) is 13.7 Å². The summed E-state index contributed by atoms with van der Waals surface area (Å²) in [5.74, 6) is -1.97. The number of carbonyl (C=O) groups excluding carboxylic acids is 1. The molecule has 1 aliphatic heterocycles. The van der Waals surface area contributed by atoms with Gasteiger partial charge in [0.05, 0.1) is 17.0 Å². The maximum absolute atomic E-state index is 13.3. The Morgan fingerprint density at radius 2 is 1.75 bits per heavy atom. The maximum atomic E-state index is 13.3. The van der Waals surface area contributed by atoms with Crippen molar-refractivity contribution in [3.63, 3.8) is 0 Å². The van der Waals surface area contributed by atoms with E-state index in [4.69, 9.17) is 23.2 Å². The van der Waals surface area contributed by atoms with Crippen molar-refractivity contribution < 1.29 is 27.6 Å². The van der Waals surface area contributed by atoms with Crippen LogP contribution in [0.2, 0.25) is 10.0 Å². The summed E-state index contributed by atoms with van der Waals surface area (Å²) in [6.45, 7) is 1.10. The Morgan fingerprint density at radius 1 is 1.14 bits per heavy atom. The quantitative estimate of drug-likeness (QED) is 0.583. The van der Waals surface area contributed by atoms with Gasteiger partial charge in [0.2, 0.25) is 5.91 Å². The number of hydrogen-bond acceptors (Lipinski definition) is 4. The smallest absolute Gasteiger partial charge is 0.326 e. The summed E-state index contributed by atoms with van der Waals surface area (Å²) in [4.78, 5) is 30.6. The van der Waals surface area contributed by atoms with Gasteiger partial charge in [-0.05, 0) is 48.9 Å². The van der Waals surface area contributed by atoms with Gasteiger partial charge in [0.1, 0.15) is 5.78 Å². The van der Waals surface area contributed by atoms with Crippen LogP contribution < -0.4 is 9.62 Å². The van der Waals surface area contributed by atoms with E-state index < -0.39 is 23.4 Å². The monoisotopic (exact) mass is 464 g/mol. The third kappa shape index (κ3) is 4.05. The lowest BCUT2D eigenvalue weighted by atomic mass is 10.1. The minimum absolute atomic E-state index is 0.00201. The molecule has 0 radical (unpaired) electrons. The molecule has 28 heavy (non-hydrogen) atoms. The van der Waals surface area contributed by atoms with E-state index in [2.05, 4.69) is 5.32 Å². The van der Waals surface area contributed by atoms with Crippen LogP contribution in [0.15, 0.2) is 41.3 Å². The molecule has 1 amide bonds. The second kappa shape index (κ2) is 7.33. The summed E-state index contributed by atoms with van der Waals surface area (Å²) in [6, 6.07) is 7.87. The zero-order chi connectivity index (χ0) is 20.9. The molecule has 1 atom stereocenters. The van der Waals surface area contributed by atoms with Crippen LogP contribution in [0.3, 0.4) is 0 Å². The molecule has 0 aliphatic carbocycles. The predicted molar refractivity (Wildman–Crippen MR) is 106 cm³/mol. The number of benzene rings is 2. The van der Waals surface area contributed by atoms with Crippen molar-refractivity contribution in [3.8, 4) is 0 Å². The van der Waals surface area contributed by atoms with E-state index in [0.717, 1.165) is 19.1 Å². The molecule has 0 aromatic heterocycles. The first kappa shape index (κ1) is 21.1. The van der Waals surface area contributed by atoms with Gasteiger partial charge < -0.3 is 15.1 Å². The lowest BCUT2D eigenvalue weighted by Crippen LogP contribution is -2.38. The maximum Gasteiger partial charge on any atom is 0.348 e.